The van der Waals surface area contributed by atoms with E-state index < -0.39 is 94.4 Å². The topological polar surface area (TPSA) is 74.2 Å². The first-order chi connectivity index (χ1) is 62.5. The molecule has 0 N–H and O–H groups in total. The number of halogens is 21. The number of aliphatic imine (C=N–C) groups is 6. The molecule has 0 unspecified atom stereocenters. The van der Waals surface area contributed by atoms with Gasteiger partial charge in [-0.1, -0.05) is 336 Å². The van der Waals surface area contributed by atoms with Gasteiger partial charge in [0, 0.05) is 0 Å². The fourth-order valence-electron chi connectivity index (χ4n) is 16.8. The van der Waals surface area contributed by atoms with Gasteiger partial charge in [-0.25, -0.2) is 0 Å². The zero-order valence-electron chi connectivity index (χ0n) is 84.7. The van der Waals surface area contributed by atoms with Crippen molar-refractivity contribution >= 4 is 253 Å². The molecule has 0 amide bonds. The van der Waals surface area contributed by atoms with Crippen LogP contribution in [-0.2, 0) is 146 Å². The van der Waals surface area contributed by atoms with E-state index >= 15 is 0 Å². The molecule has 33 heteroatoms. The molecule has 6 nitrogen and oxygen atoms in total. The second kappa shape index (κ2) is 82.0. The molecule has 0 radical (unpaired) electrons. The summed E-state index contributed by atoms with van der Waals surface area (Å²) < 4.78 is 0. The van der Waals surface area contributed by atoms with Gasteiger partial charge in [-0.2, -0.15) is 0 Å². The van der Waals surface area contributed by atoms with E-state index in [1.54, 1.807) is 0 Å². The normalized spacial score (nSPS) is 13.9. The molecule has 136 heavy (non-hydrogen) atoms. The van der Waals surface area contributed by atoms with Crippen LogP contribution in [0.1, 0.15) is 376 Å². The van der Waals surface area contributed by atoms with E-state index in [-0.39, 0.29) is 22.3 Å². The number of benzene rings is 6. The predicted octanol–water partition coefficient (Wildman–Crippen LogP) is 46.7. The minimum absolute atomic E-state index is 0. The van der Waals surface area contributed by atoms with Crippen LogP contribution in [0.4, 0.5) is 34.1 Å². The van der Waals surface area contributed by atoms with Crippen LogP contribution >= 0.6 is 184 Å². The van der Waals surface area contributed by atoms with Crippen molar-refractivity contribution in [1.82, 2.24) is 0 Å². The zero-order chi connectivity index (χ0) is 101. The van der Waals surface area contributed by atoms with Gasteiger partial charge in [0.05, 0.1) is 68.4 Å². The molecular formula is C103H155Cl21N6Ti2Zr4-2. The van der Waals surface area contributed by atoms with Gasteiger partial charge >= 0.3 is 279 Å². The average molecular weight is 2680 g/mol. The maximum atomic E-state index is 5.50. The third-order valence-electron chi connectivity index (χ3n) is 23.6. The Kier molecular flexibility index (Phi) is 87.2. The number of aryl methyl sites for hydroxylation is 8. The summed E-state index contributed by atoms with van der Waals surface area (Å²) >= 11 is -15.9. The van der Waals surface area contributed by atoms with Crippen molar-refractivity contribution in [1.29, 1.82) is 0 Å². The van der Waals surface area contributed by atoms with E-state index in [1.165, 1.54) is 247 Å². The molecular weight excluding hydrogens is 2530 g/mol. The molecule has 0 atom stereocenters. The molecule has 0 saturated heterocycles. The average Bonchev–Trinajstić information content (AvgIpc) is 1.17. The molecule has 0 spiro atoms. The van der Waals surface area contributed by atoms with Gasteiger partial charge in [-0.05, 0) is 219 Å². The fraction of sp³-hybridized carbons (Fsp3) is 0.563. The van der Waals surface area contributed by atoms with E-state index in [9.17, 15) is 0 Å². The number of unbranched alkanes of at least 4 members (excludes halogenated alkanes) is 3. The standard InChI is InChI=1S/C36H54N2.2C32H46N2.3CH3.21ClH.2Ti.4Zr/c1-24(2)30-19-14-20-31(25(3)4)35(30)37-28(9)34(23-13-12-18-29-16-10-11-17-29)38-36-32(26(5)6)21-15-22-33(36)27(7)8;2*1-6-26-19-14-20-27(7-2)31(26)33-24(5)30(23-13-12-18-25-16-10-11-17-25)34-32-28(8-3)21-15-22-29(32)9-4;;;;;;;;;;;;;;;;;;;;;;;;;;;;;;/h14-15,19-22,24-27,29H,10-13,16-18,23H2,1-9H3;2*14-15,19-22,25H,6-13,16-18,23H2,1-5H3;3*1H3;21*1H;;;;;;/q;;;3*-1;;;;;;;;;;;;;;;;;;;;;;2*+4;2*+3;2*+4/p-21. The third-order valence-corrected chi connectivity index (χ3v) is 23.6. The Bertz CT molecular complexity index is 4070. The summed E-state index contributed by atoms with van der Waals surface area (Å²) in [6, 6.07) is 40.0. The van der Waals surface area contributed by atoms with E-state index in [0.29, 0.717) is 23.7 Å². The first-order valence-electron chi connectivity index (χ1n) is 47.4. The molecule has 3 fully saturated rings. The summed E-state index contributed by atoms with van der Waals surface area (Å²) in [5, 5.41) is 0. The van der Waals surface area contributed by atoms with Gasteiger partial charge < -0.3 is 22.3 Å². The van der Waals surface area contributed by atoms with E-state index in [0.717, 1.165) is 111 Å². The van der Waals surface area contributed by atoms with Crippen molar-refractivity contribution in [3.63, 3.8) is 0 Å². The third kappa shape index (κ3) is 66.4. The quantitative estimate of drug-likeness (QED) is 0.0163. The summed E-state index contributed by atoms with van der Waals surface area (Å²) in [6.45, 7) is 42.7. The second-order valence-corrected chi connectivity index (χ2v) is 125. The summed E-state index contributed by atoms with van der Waals surface area (Å²) in [5.41, 5.74) is 29.9. The molecule has 3 aliphatic rings. The number of hydrogen-bond donors (Lipinski definition) is 0. The molecule has 6 aromatic rings. The van der Waals surface area contributed by atoms with Crippen LogP contribution in [-0.4, -0.2) is 34.3 Å². The molecule has 770 valence electrons. The first kappa shape index (κ1) is 145. The zero-order valence-corrected chi connectivity index (χ0v) is 114. The van der Waals surface area contributed by atoms with Crippen molar-refractivity contribution < 1.29 is 94.4 Å². The van der Waals surface area contributed by atoms with Gasteiger partial charge in [0.2, 0.25) is 0 Å². The maximum absolute atomic E-state index is 5.50. The van der Waals surface area contributed by atoms with Crippen molar-refractivity contribution in [2.45, 2.75) is 361 Å². The summed E-state index contributed by atoms with van der Waals surface area (Å²) in [7, 11) is 105. The molecule has 9 rings (SSSR count). The van der Waals surface area contributed by atoms with Gasteiger partial charge in [-0.3, -0.25) is 30.0 Å². The minimum atomic E-state index is -3.29. The van der Waals surface area contributed by atoms with E-state index in [1.807, 2.05) is 0 Å². The Morgan fingerprint density at radius 1 is 0.309 bits per heavy atom. The molecule has 3 saturated carbocycles. The Labute approximate surface area is 939 Å². The van der Waals surface area contributed by atoms with E-state index in [2.05, 4.69) is 241 Å². The van der Waals surface area contributed by atoms with Crippen molar-refractivity contribution in [2.75, 3.05) is 0 Å². The SMILES string of the molecule is CC(=Nc1c(C(C)C)cccc1C(C)C)C(CCCCC1CCCC1)=Nc1c(C(C)C)cccc1C(C)C.CCc1cccc(CC)c1N=C(C)C(CCCCC1CCCC1)=Nc1c(CC)cccc1CC.CCc1cccc(CC)c1N=C(C)C(CCCCC1CCCC1)=Nc1c(CC)cccc1CC.[CH3-].[CH3-].[CH3-].[Cl][Ti+]([Cl])[Cl].[Cl][Ti]([Cl])([Cl])[Cl].[Cl][Zr]([Cl])([Cl])[Cl].[Cl][Zr]([Cl])([Cl])[Cl].[Cl][Zr]([Cl])[Cl].[Cl][Zr]([Cl])[Cl]. The first-order valence-corrected chi connectivity index (χ1v) is 107. The van der Waals surface area contributed by atoms with Crippen molar-refractivity contribution in [3.8, 4) is 0 Å². The Morgan fingerprint density at radius 3 is 0.625 bits per heavy atom. The van der Waals surface area contributed by atoms with Gasteiger partial charge in [0.25, 0.3) is 0 Å². The number of para-hydroxylation sites is 6. The Hall–Kier alpha value is 4.39. The number of hydrogen-bond acceptors (Lipinski definition) is 6. The van der Waals surface area contributed by atoms with Crippen LogP contribution in [0.5, 0.6) is 0 Å². The van der Waals surface area contributed by atoms with Crippen molar-refractivity contribution in [2.24, 2.45) is 47.7 Å². The Balaban J connectivity index is -0.00000169. The second-order valence-electron chi connectivity index (χ2n) is 34.6. The predicted molar refractivity (Wildman–Crippen MR) is 613 cm³/mol. The summed E-state index contributed by atoms with van der Waals surface area (Å²) in [5.74, 6) is 4.61. The molecule has 0 aromatic heterocycles. The number of rotatable bonds is 36. The molecule has 3 aliphatic carbocycles. The molecule has 0 aliphatic heterocycles. The summed E-state index contributed by atoms with van der Waals surface area (Å²) in [4.78, 5) is 32.1. The molecule has 0 heterocycles. The van der Waals surface area contributed by atoms with Gasteiger partial charge in [0.15, 0.2) is 0 Å². The van der Waals surface area contributed by atoms with Crippen LogP contribution < -0.4 is 0 Å². The van der Waals surface area contributed by atoms with Crippen LogP contribution in [0.2, 0.25) is 0 Å². The van der Waals surface area contributed by atoms with Gasteiger partial charge in [0.1, 0.15) is 0 Å². The van der Waals surface area contributed by atoms with Gasteiger partial charge in [-0.15, -0.1) is 0 Å². The van der Waals surface area contributed by atoms with E-state index in [4.69, 9.17) is 214 Å². The van der Waals surface area contributed by atoms with Crippen LogP contribution in [0.3, 0.4) is 0 Å². The number of nitrogens with zero attached hydrogens (tertiary/aromatic N) is 6. The summed E-state index contributed by atoms with van der Waals surface area (Å²) in [6.07, 6.45) is 40.0. The fourth-order valence-corrected chi connectivity index (χ4v) is 16.8. The Morgan fingerprint density at radius 2 is 0.456 bits per heavy atom. The monoisotopic (exact) mass is 2670 g/mol. The van der Waals surface area contributed by atoms with Crippen LogP contribution in [0.15, 0.2) is 139 Å². The molecule has 0 bridgehead atoms. The molecule has 6 aromatic carbocycles. The van der Waals surface area contributed by atoms with Crippen molar-refractivity contribution in [3.05, 3.63) is 198 Å². The van der Waals surface area contributed by atoms with Crippen LogP contribution in [0, 0.1) is 40.0 Å². The van der Waals surface area contributed by atoms with Crippen LogP contribution in [0.25, 0.3) is 0 Å².